The van der Waals surface area contributed by atoms with E-state index in [9.17, 15) is 4.39 Å². The second-order valence-electron chi connectivity index (χ2n) is 4.58. The van der Waals surface area contributed by atoms with E-state index in [-0.39, 0.29) is 16.9 Å². The molecule has 2 aromatic carbocycles. The third kappa shape index (κ3) is 3.81. The Morgan fingerprint density at radius 1 is 1.25 bits per heavy atom. The van der Waals surface area contributed by atoms with Crippen molar-refractivity contribution in [1.82, 2.24) is 5.32 Å². The summed E-state index contributed by atoms with van der Waals surface area (Å²) in [4.78, 5) is 0. The molecule has 0 fully saturated rings. The van der Waals surface area contributed by atoms with Gasteiger partial charge < -0.3 is 5.32 Å². The van der Waals surface area contributed by atoms with E-state index in [4.69, 9.17) is 11.6 Å². The molecular weight excluding hydrogens is 341 g/mol. The molecule has 0 amide bonds. The lowest BCUT2D eigenvalue weighted by atomic mass is 9.99. The fourth-order valence-corrected chi connectivity index (χ4v) is 2.80. The number of hydrogen-bond acceptors (Lipinski definition) is 1. The van der Waals surface area contributed by atoms with Crippen LogP contribution in [0.15, 0.2) is 46.9 Å². The van der Waals surface area contributed by atoms with Crippen molar-refractivity contribution in [1.29, 1.82) is 0 Å². The van der Waals surface area contributed by atoms with Crippen molar-refractivity contribution in [3.63, 3.8) is 0 Å². The van der Waals surface area contributed by atoms with E-state index in [0.717, 1.165) is 23.0 Å². The molecule has 106 valence electrons. The molecule has 0 bridgehead atoms. The largest absolute Gasteiger partial charge is 0.310 e. The average Bonchev–Trinajstić information content (AvgIpc) is 2.44. The van der Waals surface area contributed by atoms with Crippen molar-refractivity contribution in [3.05, 3.63) is 68.9 Å². The predicted molar refractivity (Wildman–Crippen MR) is 85.7 cm³/mol. The molecule has 4 heteroatoms. The summed E-state index contributed by atoms with van der Waals surface area (Å²) in [5.41, 5.74) is 2.20. The van der Waals surface area contributed by atoms with Crippen LogP contribution >= 0.6 is 27.5 Å². The van der Waals surface area contributed by atoms with Crippen LogP contribution < -0.4 is 5.32 Å². The Labute approximate surface area is 132 Å². The van der Waals surface area contributed by atoms with E-state index in [2.05, 4.69) is 34.2 Å². The zero-order valence-electron chi connectivity index (χ0n) is 11.2. The minimum atomic E-state index is -0.383. The summed E-state index contributed by atoms with van der Waals surface area (Å²) in [6.07, 6.45) is 0.817. The molecule has 20 heavy (non-hydrogen) atoms. The standard InChI is InChI=1S/C16H16BrClFN/c1-2-20-16(10-11-5-3-4-6-13(11)17)12-7-8-15(19)14(18)9-12/h3-9,16,20H,2,10H2,1H3. The van der Waals surface area contributed by atoms with Crippen LogP contribution in [0.5, 0.6) is 0 Å². The molecule has 0 saturated heterocycles. The van der Waals surface area contributed by atoms with Crippen molar-refractivity contribution >= 4 is 27.5 Å². The lowest BCUT2D eigenvalue weighted by Gasteiger charge is -2.19. The number of nitrogens with one attached hydrogen (secondary N) is 1. The molecule has 0 aromatic heterocycles. The highest BCUT2D eigenvalue weighted by Gasteiger charge is 2.14. The summed E-state index contributed by atoms with van der Waals surface area (Å²) in [6, 6.07) is 13.1. The highest BCUT2D eigenvalue weighted by molar-refractivity contribution is 9.10. The predicted octanol–water partition coefficient (Wildman–Crippen LogP) is 5.13. The molecule has 0 spiro atoms. The van der Waals surface area contributed by atoms with Gasteiger partial charge in [-0.05, 0) is 42.3 Å². The molecule has 0 aliphatic rings. The molecular formula is C16H16BrClFN. The number of halogens is 3. The summed E-state index contributed by atoms with van der Waals surface area (Å²) in [7, 11) is 0. The number of benzene rings is 2. The van der Waals surface area contributed by atoms with Crippen LogP contribution in [-0.2, 0) is 6.42 Å². The van der Waals surface area contributed by atoms with Crippen molar-refractivity contribution in [2.24, 2.45) is 0 Å². The minimum Gasteiger partial charge on any atom is -0.310 e. The fourth-order valence-electron chi connectivity index (χ4n) is 2.17. The van der Waals surface area contributed by atoms with Crippen LogP contribution in [0.1, 0.15) is 24.1 Å². The third-order valence-electron chi connectivity index (χ3n) is 3.18. The first-order valence-electron chi connectivity index (χ1n) is 6.53. The third-order valence-corrected chi connectivity index (χ3v) is 4.24. The van der Waals surface area contributed by atoms with Crippen LogP contribution in [0.4, 0.5) is 4.39 Å². The van der Waals surface area contributed by atoms with Gasteiger partial charge in [-0.15, -0.1) is 0 Å². The first-order valence-corrected chi connectivity index (χ1v) is 7.70. The van der Waals surface area contributed by atoms with Gasteiger partial charge in [0.15, 0.2) is 0 Å². The molecule has 1 unspecified atom stereocenters. The quantitative estimate of drug-likeness (QED) is 0.782. The fraction of sp³-hybridized carbons (Fsp3) is 0.250. The summed E-state index contributed by atoms with van der Waals surface area (Å²) >= 11 is 9.44. The maximum atomic E-state index is 13.3. The van der Waals surface area contributed by atoms with Gasteiger partial charge in [-0.1, -0.05) is 58.7 Å². The highest BCUT2D eigenvalue weighted by atomic mass is 79.9. The van der Waals surface area contributed by atoms with Crippen molar-refractivity contribution in [2.45, 2.75) is 19.4 Å². The van der Waals surface area contributed by atoms with E-state index in [0.29, 0.717) is 0 Å². The van der Waals surface area contributed by atoms with Crippen LogP contribution in [0.2, 0.25) is 5.02 Å². The monoisotopic (exact) mass is 355 g/mol. The summed E-state index contributed by atoms with van der Waals surface area (Å²) in [5.74, 6) is -0.383. The smallest absolute Gasteiger partial charge is 0.141 e. The molecule has 0 aliphatic carbocycles. The van der Waals surface area contributed by atoms with Gasteiger partial charge >= 0.3 is 0 Å². The molecule has 0 saturated carbocycles. The summed E-state index contributed by atoms with van der Waals surface area (Å²) in [5, 5.41) is 3.58. The zero-order valence-corrected chi connectivity index (χ0v) is 13.5. The molecule has 2 rings (SSSR count). The van der Waals surface area contributed by atoms with Gasteiger partial charge in [0.2, 0.25) is 0 Å². The highest BCUT2D eigenvalue weighted by Crippen LogP contribution is 2.26. The minimum absolute atomic E-state index is 0.108. The Bertz CT molecular complexity index is 588. The Kier molecular flexibility index (Phi) is 5.58. The molecule has 1 nitrogen and oxygen atoms in total. The number of likely N-dealkylation sites (N-methyl/N-ethyl adjacent to an activating group) is 1. The SMILES string of the molecule is CCNC(Cc1ccccc1Br)c1ccc(F)c(Cl)c1. The Balaban J connectivity index is 2.27. The van der Waals surface area contributed by atoms with Gasteiger partial charge in [-0.2, -0.15) is 0 Å². The van der Waals surface area contributed by atoms with Crippen molar-refractivity contribution in [2.75, 3.05) is 6.54 Å². The second-order valence-corrected chi connectivity index (χ2v) is 5.84. The Morgan fingerprint density at radius 3 is 2.65 bits per heavy atom. The molecule has 0 radical (unpaired) electrons. The van der Waals surface area contributed by atoms with Crippen LogP contribution in [-0.4, -0.2) is 6.54 Å². The molecule has 1 N–H and O–H groups in total. The van der Waals surface area contributed by atoms with E-state index in [1.807, 2.05) is 18.2 Å². The first-order chi connectivity index (χ1) is 9.61. The van der Waals surface area contributed by atoms with Gasteiger partial charge in [0.05, 0.1) is 5.02 Å². The van der Waals surface area contributed by atoms with E-state index in [1.54, 1.807) is 12.1 Å². The van der Waals surface area contributed by atoms with Crippen LogP contribution in [0.3, 0.4) is 0 Å². The van der Waals surface area contributed by atoms with E-state index in [1.165, 1.54) is 11.6 Å². The van der Waals surface area contributed by atoms with Gasteiger partial charge in [0, 0.05) is 10.5 Å². The second kappa shape index (κ2) is 7.21. The maximum Gasteiger partial charge on any atom is 0.141 e. The first kappa shape index (κ1) is 15.5. The van der Waals surface area contributed by atoms with Gasteiger partial charge in [0.1, 0.15) is 5.82 Å². The number of rotatable bonds is 5. The lowest BCUT2D eigenvalue weighted by Crippen LogP contribution is -2.23. The Morgan fingerprint density at radius 2 is 2.00 bits per heavy atom. The van der Waals surface area contributed by atoms with Crippen molar-refractivity contribution < 1.29 is 4.39 Å². The topological polar surface area (TPSA) is 12.0 Å². The van der Waals surface area contributed by atoms with E-state index < -0.39 is 0 Å². The average molecular weight is 357 g/mol. The molecule has 2 aromatic rings. The van der Waals surface area contributed by atoms with Gasteiger partial charge in [-0.25, -0.2) is 4.39 Å². The normalized spacial score (nSPS) is 12.4. The zero-order chi connectivity index (χ0) is 14.5. The van der Waals surface area contributed by atoms with Crippen LogP contribution in [0, 0.1) is 5.82 Å². The maximum absolute atomic E-state index is 13.3. The Hall–Kier alpha value is -0.900. The van der Waals surface area contributed by atoms with E-state index >= 15 is 0 Å². The van der Waals surface area contributed by atoms with Crippen molar-refractivity contribution in [3.8, 4) is 0 Å². The summed E-state index contributed by atoms with van der Waals surface area (Å²) in [6.45, 7) is 2.89. The summed E-state index contributed by atoms with van der Waals surface area (Å²) < 4.78 is 14.4. The van der Waals surface area contributed by atoms with Gasteiger partial charge in [-0.3, -0.25) is 0 Å². The molecule has 0 heterocycles. The number of hydrogen-bond donors (Lipinski definition) is 1. The molecule has 1 atom stereocenters. The molecule has 0 aliphatic heterocycles. The lowest BCUT2D eigenvalue weighted by molar-refractivity contribution is 0.546. The van der Waals surface area contributed by atoms with Crippen LogP contribution in [0.25, 0.3) is 0 Å². The van der Waals surface area contributed by atoms with Gasteiger partial charge in [0.25, 0.3) is 0 Å².